The molecule has 1 aliphatic carbocycles. The third kappa shape index (κ3) is 8.78. The molecule has 19 nitrogen and oxygen atoms in total. The molecule has 3 aliphatic rings. The van der Waals surface area contributed by atoms with Crippen LogP contribution >= 0.6 is 0 Å². The molecule has 256 valence electrons. The molecule has 1 saturated carbocycles. The largest absolute Gasteiger partial charge is 0.394 e. The molecule has 3 rings (SSSR count). The van der Waals surface area contributed by atoms with Gasteiger partial charge in [0.2, 0.25) is 0 Å². The molecule has 0 spiro atoms. The number of rotatable bonds is 12. The first-order valence-electron chi connectivity index (χ1n) is 14.5. The minimum absolute atomic E-state index is 0.0750. The van der Waals surface area contributed by atoms with Crippen molar-refractivity contribution in [2.75, 3.05) is 19.8 Å². The van der Waals surface area contributed by atoms with Crippen molar-refractivity contribution in [3.8, 4) is 0 Å². The van der Waals surface area contributed by atoms with E-state index in [1.165, 1.54) is 6.92 Å². The van der Waals surface area contributed by atoms with Crippen molar-refractivity contribution in [3.05, 3.63) is 0 Å². The van der Waals surface area contributed by atoms with Crippen LogP contribution in [0.2, 0.25) is 0 Å². The van der Waals surface area contributed by atoms with Gasteiger partial charge >= 0.3 is 0 Å². The van der Waals surface area contributed by atoms with Crippen molar-refractivity contribution < 1.29 is 59.8 Å². The highest BCUT2D eigenvalue weighted by Gasteiger charge is 2.51. The van der Waals surface area contributed by atoms with E-state index in [4.69, 9.17) is 47.3 Å². The van der Waals surface area contributed by atoms with Crippen LogP contribution in [0.15, 0.2) is 4.99 Å². The molecule has 2 heterocycles. The summed E-state index contributed by atoms with van der Waals surface area (Å²) in [5, 5.41) is 91.4. The second kappa shape index (κ2) is 16.3. The van der Waals surface area contributed by atoms with Gasteiger partial charge in [0.15, 0.2) is 12.6 Å². The van der Waals surface area contributed by atoms with E-state index in [9.17, 15) is 40.9 Å². The van der Waals surface area contributed by atoms with Crippen molar-refractivity contribution in [3.63, 3.8) is 0 Å². The summed E-state index contributed by atoms with van der Waals surface area (Å²) in [6.07, 6.45) is -15.0. The summed E-state index contributed by atoms with van der Waals surface area (Å²) in [6, 6.07) is -3.95. The van der Waals surface area contributed by atoms with Gasteiger partial charge in [-0.3, -0.25) is 10.4 Å². The minimum atomic E-state index is -1.77. The molecular weight excluding hydrogens is 590 g/mol. The highest BCUT2D eigenvalue weighted by atomic mass is 16.7. The van der Waals surface area contributed by atoms with Gasteiger partial charge in [-0.15, -0.1) is 0 Å². The molecule has 2 saturated heterocycles. The Morgan fingerprint density at radius 3 is 2.23 bits per heavy atom. The van der Waals surface area contributed by atoms with Crippen LogP contribution in [0, 0.1) is 5.41 Å². The van der Waals surface area contributed by atoms with E-state index >= 15 is 0 Å². The lowest BCUT2D eigenvalue weighted by atomic mass is 9.83. The number of aliphatic hydroxyl groups excluding tert-OH is 8. The fraction of sp³-hybridized carbons (Fsp3) is 0.920. The summed E-state index contributed by atoms with van der Waals surface area (Å²) in [7, 11) is 0. The molecule has 44 heavy (non-hydrogen) atoms. The van der Waals surface area contributed by atoms with Crippen molar-refractivity contribution in [2.45, 2.75) is 124 Å². The van der Waals surface area contributed by atoms with Gasteiger partial charge in [0.25, 0.3) is 0 Å². The van der Waals surface area contributed by atoms with Crippen LogP contribution in [0.25, 0.3) is 0 Å². The highest BCUT2D eigenvalue weighted by molar-refractivity contribution is 5.85. The third-order valence-corrected chi connectivity index (χ3v) is 8.11. The lowest BCUT2D eigenvalue weighted by Crippen LogP contribution is -2.66. The van der Waals surface area contributed by atoms with Gasteiger partial charge in [-0.1, -0.05) is 0 Å². The second-order valence-electron chi connectivity index (χ2n) is 11.5. The molecule has 3 fully saturated rings. The molecule has 10 unspecified atom stereocenters. The Morgan fingerprint density at radius 2 is 1.61 bits per heavy atom. The molecule has 19 heteroatoms. The van der Waals surface area contributed by atoms with E-state index in [-0.39, 0.29) is 18.8 Å². The Hall–Kier alpha value is -1.66. The van der Waals surface area contributed by atoms with E-state index in [1.807, 2.05) is 0 Å². The zero-order chi connectivity index (χ0) is 32.9. The van der Waals surface area contributed by atoms with E-state index in [1.54, 1.807) is 0 Å². The summed E-state index contributed by atoms with van der Waals surface area (Å²) in [4.78, 5) is 4.19. The Morgan fingerprint density at radius 1 is 0.955 bits per heavy atom. The minimum Gasteiger partial charge on any atom is -0.394 e. The van der Waals surface area contributed by atoms with Gasteiger partial charge in [0.05, 0.1) is 37.4 Å². The first kappa shape index (κ1) is 36.8. The fourth-order valence-electron chi connectivity index (χ4n) is 5.32. The van der Waals surface area contributed by atoms with E-state index in [0.717, 1.165) is 0 Å². The Labute approximate surface area is 254 Å². The van der Waals surface area contributed by atoms with Crippen molar-refractivity contribution in [1.29, 1.82) is 5.41 Å². The number of aliphatic hydroxyl groups is 8. The summed E-state index contributed by atoms with van der Waals surface area (Å²) in [6.45, 7) is 0.160. The van der Waals surface area contributed by atoms with Gasteiger partial charge in [-0.25, -0.2) is 0 Å². The SMILES string of the molecule is CC(O)C(=N)NC[C@@H]1CCC(N)[C@@H](OC2C(O)C(O[C@H]3OC(CO)C(O)[C@H](N)C3O)[C@H](N=C(N)C(O)C(O)CO)C[C@@H]2N)O1. The number of hydrogen-bond acceptors (Lipinski definition) is 17. The molecule has 2 aliphatic heterocycles. The molecule has 0 bridgehead atoms. The lowest BCUT2D eigenvalue weighted by Gasteiger charge is -2.47. The van der Waals surface area contributed by atoms with Gasteiger partial charge in [0.1, 0.15) is 66.6 Å². The number of nitrogens with two attached hydrogens (primary N) is 4. The third-order valence-electron chi connectivity index (χ3n) is 8.11. The molecule has 0 amide bonds. The number of amidine groups is 2. The maximum Gasteiger partial charge on any atom is 0.186 e. The summed E-state index contributed by atoms with van der Waals surface area (Å²) < 4.78 is 23.5. The Kier molecular flexibility index (Phi) is 13.6. The molecule has 0 aromatic carbocycles. The molecule has 16 atom stereocenters. The smallest absolute Gasteiger partial charge is 0.186 e. The van der Waals surface area contributed by atoms with Crippen LogP contribution in [-0.2, 0) is 18.9 Å². The number of aliphatic imine (C=N–C) groups is 1. The molecular formula is C25H49N7O12. The van der Waals surface area contributed by atoms with Gasteiger partial charge in [0, 0.05) is 12.6 Å². The topological polar surface area (TPSA) is 351 Å². The van der Waals surface area contributed by atoms with Crippen LogP contribution in [0.1, 0.15) is 26.2 Å². The van der Waals surface area contributed by atoms with Crippen LogP contribution in [-0.4, -0.2) is 170 Å². The van der Waals surface area contributed by atoms with Crippen LogP contribution in [0.5, 0.6) is 0 Å². The lowest BCUT2D eigenvalue weighted by molar-refractivity contribution is -0.312. The van der Waals surface area contributed by atoms with Crippen molar-refractivity contribution in [1.82, 2.24) is 5.32 Å². The Bertz CT molecular complexity index is 951. The Balaban J connectivity index is 1.83. The zero-order valence-electron chi connectivity index (χ0n) is 24.4. The average molecular weight is 640 g/mol. The first-order valence-corrected chi connectivity index (χ1v) is 14.5. The van der Waals surface area contributed by atoms with Crippen LogP contribution in [0.4, 0.5) is 0 Å². The fourth-order valence-corrected chi connectivity index (χ4v) is 5.32. The number of ether oxygens (including phenoxy) is 4. The number of nitrogens with one attached hydrogen (secondary N) is 2. The average Bonchev–Trinajstić information content (AvgIpc) is 2.99. The second-order valence-corrected chi connectivity index (χ2v) is 11.5. The normalized spacial score (nSPS) is 42.4. The molecule has 0 radical (unpaired) electrons. The monoisotopic (exact) mass is 639 g/mol. The van der Waals surface area contributed by atoms with Gasteiger partial charge in [-0.05, 0) is 26.2 Å². The van der Waals surface area contributed by atoms with E-state index in [2.05, 4.69) is 10.3 Å². The zero-order valence-corrected chi connectivity index (χ0v) is 24.4. The molecule has 0 aromatic heterocycles. The van der Waals surface area contributed by atoms with Crippen molar-refractivity contribution >= 4 is 11.7 Å². The number of hydrogen-bond donors (Lipinski definition) is 14. The standard InChI is InChI=1S/C25H49N7O12/c1-8(35)22(29)31-5-9-2-3-10(26)24(41-9)43-20-11(27)4-12(32-23(30)16(37)13(36)6-33)21(19(20)40)44-25-18(39)15(28)17(38)14(7-34)42-25/h8-21,24-25,33-40H,2-7,26-28H2,1H3,(H2,29,31)(H2,30,32)/t8?,9-,10?,11-,12+,13?,14?,15-,16?,17?,18?,19?,20?,21?,24+,25+/m0/s1. The quantitative estimate of drug-likeness (QED) is 0.0696. The van der Waals surface area contributed by atoms with Gasteiger partial charge in [-0.2, -0.15) is 0 Å². The maximum absolute atomic E-state index is 11.5. The van der Waals surface area contributed by atoms with Crippen LogP contribution in [0.3, 0.4) is 0 Å². The molecule has 0 aromatic rings. The maximum atomic E-state index is 11.5. The predicted octanol–water partition coefficient (Wildman–Crippen LogP) is -7.17. The van der Waals surface area contributed by atoms with E-state index < -0.39 is 117 Å². The molecule has 18 N–H and O–H groups in total. The number of nitrogens with zero attached hydrogens (tertiary/aromatic N) is 1. The summed E-state index contributed by atoms with van der Waals surface area (Å²) in [5.41, 5.74) is 24.4. The van der Waals surface area contributed by atoms with Gasteiger partial charge < -0.3 is 88.1 Å². The van der Waals surface area contributed by atoms with Crippen molar-refractivity contribution in [2.24, 2.45) is 27.9 Å². The summed E-state index contributed by atoms with van der Waals surface area (Å²) in [5.74, 6) is -0.582. The predicted molar refractivity (Wildman–Crippen MR) is 152 cm³/mol. The van der Waals surface area contributed by atoms with E-state index in [0.29, 0.717) is 12.8 Å². The van der Waals surface area contributed by atoms with Crippen LogP contribution < -0.4 is 28.3 Å². The summed E-state index contributed by atoms with van der Waals surface area (Å²) >= 11 is 0. The first-order chi connectivity index (χ1) is 20.7. The highest BCUT2D eigenvalue weighted by Crippen LogP contribution is 2.32.